The molecule has 1 N–H and O–H groups in total. The van der Waals surface area contributed by atoms with Gasteiger partial charge in [-0.05, 0) is 17.7 Å². The van der Waals surface area contributed by atoms with Crippen molar-refractivity contribution in [2.45, 2.75) is 19.9 Å². The lowest BCUT2D eigenvalue weighted by atomic mass is 10.1. The summed E-state index contributed by atoms with van der Waals surface area (Å²) in [4.78, 5) is 35.9. The van der Waals surface area contributed by atoms with E-state index >= 15 is 0 Å². The lowest BCUT2D eigenvalue weighted by Gasteiger charge is -2.14. The van der Waals surface area contributed by atoms with Gasteiger partial charge in [0.15, 0.2) is 0 Å². The van der Waals surface area contributed by atoms with E-state index < -0.39 is 0 Å². The Balaban J connectivity index is 2.09. The van der Waals surface area contributed by atoms with Crippen molar-refractivity contribution >= 4 is 23.5 Å². The van der Waals surface area contributed by atoms with Gasteiger partial charge >= 0.3 is 5.97 Å². The summed E-state index contributed by atoms with van der Waals surface area (Å²) < 4.78 is 4.56. The SMILES string of the molecule is COC(=O)CCN1Cc2ccc(NC(C)=O)cc2C1=O. The number of carbonyl (C=O) groups is 3. The Labute approximate surface area is 116 Å². The van der Waals surface area contributed by atoms with Crippen LogP contribution in [0.25, 0.3) is 0 Å². The highest BCUT2D eigenvalue weighted by molar-refractivity contribution is 6.00. The van der Waals surface area contributed by atoms with Crippen LogP contribution in [0, 0.1) is 0 Å². The predicted octanol–water partition coefficient (Wildman–Crippen LogP) is 1.16. The summed E-state index contributed by atoms with van der Waals surface area (Å²) in [5, 5.41) is 2.65. The van der Waals surface area contributed by atoms with E-state index in [1.165, 1.54) is 14.0 Å². The number of ether oxygens (including phenoxy) is 1. The van der Waals surface area contributed by atoms with Crippen LogP contribution in [0.2, 0.25) is 0 Å². The molecule has 0 saturated carbocycles. The van der Waals surface area contributed by atoms with Crippen LogP contribution in [0.3, 0.4) is 0 Å². The Bertz CT molecular complexity index is 568. The van der Waals surface area contributed by atoms with Crippen molar-refractivity contribution in [3.8, 4) is 0 Å². The summed E-state index contributed by atoms with van der Waals surface area (Å²) in [5.74, 6) is -0.651. The van der Waals surface area contributed by atoms with Crippen molar-refractivity contribution in [3.63, 3.8) is 0 Å². The normalized spacial score (nSPS) is 13.1. The molecule has 6 heteroatoms. The fourth-order valence-electron chi connectivity index (χ4n) is 2.15. The number of methoxy groups -OCH3 is 1. The molecule has 6 nitrogen and oxygen atoms in total. The Hall–Kier alpha value is -2.37. The van der Waals surface area contributed by atoms with Gasteiger partial charge in [-0.2, -0.15) is 0 Å². The average Bonchev–Trinajstić information content (AvgIpc) is 2.72. The lowest BCUT2D eigenvalue weighted by Crippen LogP contribution is -2.26. The summed E-state index contributed by atoms with van der Waals surface area (Å²) in [7, 11) is 1.32. The van der Waals surface area contributed by atoms with Gasteiger partial charge in [0.25, 0.3) is 5.91 Å². The number of hydrogen-bond donors (Lipinski definition) is 1. The van der Waals surface area contributed by atoms with Gasteiger partial charge in [-0.3, -0.25) is 14.4 Å². The number of anilines is 1. The third-order valence-corrected chi connectivity index (χ3v) is 3.12. The summed E-state index contributed by atoms with van der Waals surface area (Å²) in [5.41, 5.74) is 2.06. The highest BCUT2D eigenvalue weighted by atomic mass is 16.5. The molecule has 0 saturated heterocycles. The maximum absolute atomic E-state index is 12.2. The first kappa shape index (κ1) is 14.0. The topological polar surface area (TPSA) is 75.7 Å². The monoisotopic (exact) mass is 276 g/mol. The molecule has 0 aliphatic carbocycles. The van der Waals surface area contributed by atoms with Gasteiger partial charge in [0.2, 0.25) is 5.91 Å². The van der Waals surface area contributed by atoms with Gasteiger partial charge in [0.1, 0.15) is 0 Å². The molecule has 0 unspecified atom stereocenters. The summed E-state index contributed by atoms with van der Waals surface area (Å²) in [6.45, 7) is 2.22. The van der Waals surface area contributed by atoms with Crippen LogP contribution < -0.4 is 5.32 Å². The predicted molar refractivity (Wildman–Crippen MR) is 72.1 cm³/mol. The molecule has 20 heavy (non-hydrogen) atoms. The lowest BCUT2D eigenvalue weighted by molar-refractivity contribution is -0.140. The summed E-state index contributed by atoms with van der Waals surface area (Å²) in [6, 6.07) is 5.24. The number of fused-ring (bicyclic) bond motifs is 1. The number of rotatable bonds is 4. The van der Waals surface area contributed by atoms with Crippen molar-refractivity contribution in [1.29, 1.82) is 0 Å². The van der Waals surface area contributed by atoms with Crippen molar-refractivity contribution in [3.05, 3.63) is 29.3 Å². The van der Waals surface area contributed by atoms with Gasteiger partial charge in [-0.1, -0.05) is 6.07 Å². The molecule has 0 atom stereocenters. The van der Waals surface area contributed by atoms with E-state index in [0.717, 1.165) is 5.56 Å². The molecule has 0 spiro atoms. The largest absolute Gasteiger partial charge is 0.469 e. The molecule has 0 bridgehead atoms. The van der Waals surface area contributed by atoms with Gasteiger partial charge < -0.3 is 15.0 Å². The fraction of sp³-hybridized carbons (Fsp3) is 0.357. The highest BCUT2D eigenvalue weighted by Gasteiger charge is 2.27. The number of esters is 1. The number of benzene rings is 1. The molecule has 0 aromatic heterocycles. The van der Waals surface area contributed by atoms with E-state index in [2.05, 4.69) is 10.1 Å². The minimum absolute atomic E-state index is 0.129. The maximum atomic E-state index is 12.2. The average molecular weight is 276 g/mol. The van der Waals surface area contributed by atoms with Crippen molar-refractivity contribution in [2.24, 2.45) is 0 Å². The van der Waals surface area contributed by atoms with Crippen LogP contribution in [0.5, 0.6) is 0 Å². The Kier molecular flexibility index (Phi) is 4.02. The zero-order chi connectivity index (χ0) is 14.7. The van der Waals surface area contributed by atoms with E-state index in [4.69, 9.17) is 0 Å². The third-order valence-electron chi connectivity index (χ3n) is 3.12. The Morgan fingerprint density at radius 1 is 1.40 bits per heavy atom. The van der Waals surface area contributed by atoms with Crippen LogP contribution in [0.15, 0.2) is 18.2 Å². The zero-order valence-corrected chi connectivity index (χ0v) is 11.4. The van der Waals surface area contributed by atoms with Crippen molar-refractivity contribution in [1.82, 2.24) is 4.90 Å². The number of nitrogens with one attached hydrogen (secondary N) is 1. The van der Waals surface area contributed by atoms with E-state index in [1.807, 2.05) is 6.07 Å². The van der Waals surface area contributed by atoms with E-state index in [1.54, 1.807) is 17.0 Å². The Morgan fingerprint density at radius 3 is 2.80 bits per heavy atom. The first-order chi connectivity index (χ1) is 9.51. The standard InChI is InChI=1S/C14H16N2O4/c1-9(17)15-11-4-3-10-8-16(6-5-13(18)20-2)14(19)12(10)7-11/h3-4,7H,5-6,8H2,1-2H3,(H,15,17). The molecule has 2 amide bonds. The minimum atomic E-state index is -0.340. The molecule has 106 valence electrons. The molecule has 2 rings (SSSR count). The number of amides is 2. The number of carbonyl (C=O) groups excluding carboxylic acids is 3. The second kappa shape index (κ2) is 5.73. The van der Waals surface area contributed by atoms with Crippen LogP contribution in [0.1, 0.15) is 29.3 Å². The molecular formula is C14H16N2O4. The first-order valence-corrected chi connectivity index (χ1v) is 6.28. The van der Waals surface area contributed by atoms with Crippen LogP contribution in [-0.2, 0) is 20.9 Å². The summed E-state index contributed by atoms with van der Waals surface area (Å²) in [6.07, 6.45) is 0.175. The van der Waals surface area contributed by atoms with Crippen LogP contribution >= 0.6 is 0 Å². The zero-order valence-electron chi connectivity index (χ0n) is 11.4. The third kappa shape index (κ3) is 2.96. The first-order valence-electron chi connectivity index (χ1n) is 6.28. The fourth-order valence-corrected chi connectivity index (χ4v) is 2.15. The molecule has 1 aliphatic rings. The van der Waals surface area contributed by atoms with Gasteiger partial charge in [-0.15, -0.1) is 0 Å². The second-order valence-electron chi connectivity index (χ2n) is 4.61. The van der Waals surface area contributed by atoms with Gasteiger partial charge in [0, 0.05) is 31.3 Å². The van der Waals surface area contributed by atoms with Crippen molar-refractivity contribution in [2.75, 3.05) is 19.0 Å². The quantitative estimate of drug-likeness (QED) is 0.837. The molecule has 0 fully saturated rings. The molecule has 1 aliphatic heterocycles. The molecular weight excluding hydrogens is 260 g/mol. The van der Waals surface area contributed by atoms with Gasteiger partial charge in [-0.25, -0.2) is 0 Å². The molecule has 1 aromatic carbocycles. The smallest absolute Gasteiger partial charge is 0.307 e. The Morgan fingerprint density at radius 2 is 2.15 bits per heavy atom. The summed E-state index contributed by atoms with van der Waals surface area (Å²) >= 11 is 0. The van der Waals surface area contributed by atoms with E-state index in [9.17, 15) is 14.4 Å². The van der Waals surface area contributed by atoms with Crippen molar-refractivity contribution < 1.29 is 19.1 Å². The van der Waals surface area contributed by atoms with Crippen LogP contribution in [0.4, 0.5) is 5.69 Å². The number of nitrogens with zero attached hydrogens (tertiary/aromatic N) is 1. The van der Waals surface area contributed by atoms with E-state index in [0.29, 0.717) is 24.3 Å². The second-order valence-corrected chi connectivity index (χ2v) is 4.61. The minimum Gasteiger partial charge on any atom is -0.469 e. The maximum Gasteiger partial charge on any atom is 0.307 e. The highest BCUT2D eigenvalue weighted by Crippen LogP contribution is 2.25. The molecule has 0 radical (unpaired) electrons. The molecule has 1 aromatic rings. The molecule has 1 heterocycles. The van der Waals surface area contributed by atoms with E-state index in [-0.39, 0.29) is 24.2 Å². The number of hydrogen-bond acceptors (Lipinski definition) is 4. The van der Waals surface area contributed by atoms with Crippen LogP contribution in [-0.4, -0.2) is 36.3 Å². The van der Waals surface area contributed by atoms with Gasteiger partial charge in [0.05, 0.1) is 13.5 Å².